The molecule has 4 saturated carbocycles. The Kier molecular flexibility index (Phi) is 3.59. The van der Waals surface area contributed by atoms with Crippen LogP contribution in [0.5, 0.6) is 0 Å². The zero-order valence-electron chi connectivity index (χ0n) is 13.0. The van der Waals surface area contributed by atoms with Crippen molar-refractivity contribution in [1.29, 1.82) is 0 Å². The maximum Gasteiger partial charge on any atom is 0.315 e. The lowest BCUT2D eigenvalue weighted by atomic mass is 9.53. The van der Waals surface area contributed by atoms with E-state index in [9.17, 15) is 4.79 Å². The van der Waals surface area contributed by atoms with E-state index < -0.39 is 0 Å². The van der Waals surface area contributed by atoms with Crippen molar-refractivity contribution in [3.05, 3.63) is 18.0 Å². The molecule has 0 saturated heterocycles. The monoisotopic (exact) mass is 303 g/mol. The zero-order valence-corrected chi connectivity index (χ0v) is 13.0. The van der Waals surface area contributed by atoms with E-state index in [1.807, 2.05) is 0 Å². The van der Waals surface area contributed by atoms with Crippen LogP contribution in [-0.2, 0) is 6.42 Å². The normalized spacial score (nSPS) is 35.5. The second kappa shape index (κ2) is 5.60. The maximum absolute atomic E-state index is 12.2. The highest BCUT2D eigenvalue weighted by molar-refractivity contribution is 5.74. The molecule has 5 nitrogen and oxygen atoms in total. The summed E-state index contributed by atoms with van der Waals surface area (Å²) in [5, 5.41) is 10.0. The van der Waals surface area contributed by atoms with Crippen LogP contribution in [0.25, 0.3) is 0 Å². The van der Waals surface area contributed by atoms with Crippen LogP contribution in [0.2, 0.25) is 0 Å². The summed E-state index contributed by atoms with van der Waals surface area (Å²) in [6.07, 6.45) is 13.0. The summed E-state index contributed by atoms with van der Waals surface area (Å²) >= 11 is 0. The van der Waals surface area contributed by atoms with Crippen molar-refractivity contribution in [3.8, 4) is 0 Å². The molecule has 1 aromatic heterocycles. The molecule has 5 rings (SSSR count). The molecule has 120 valence electrons. The second-order valence-corrected chi connectivity index (χ2v) is 7.72. The number of hydrogen-bond donors (Lipinski definition) is 2. The van der Waals surface area contributed by atoms with Crippen LogP contribution >= 0.6 is 0 Å². The molecule has 0 radical (unpaired) electrons. The third-order valence-corrected chi connectivity index (χ3v) is 5.83. The van der Waals surface area contributed by atoms with Gasteiger partial charge in [-0.15, -0.1) is 0 Å². The minimum absolute atomic E-state index is 0.0206. The van der Waals surface area contributed by atoms with Crippen molar-refractivity contribution in [2.45, 2.75) is 56.9 Å². The molecule has 4 fully saturated rings. The molecular formula is C17H25N3O2. The van der Waals surface area contributed by atoms with Gasteiger partial charge in [-0.25, -0.2) is 4.79 Å². The largest absolute Gasteiger partial charge is 0.364 e. The van der Waals surface area contributed by atoms with Gasteiger partial charge in [-0.1, -0.05) is 5.16 Å². The topological polar surface area (TPSA) is 67.2 Å². The Labute approximate surface area is 131 Å². The lowest BCUT2D eigenvalue weighted by Crippen LogP contribution is -2.61. The zero-order chi connectivity index (χ0) is 15.0. The molecular weight excluding hydrogens is 278 g/mol. The van der Waals surface area contributed by atoms with Crippen LogP contribution in [0.4, 0.5) is 4.79 Å². The highest BCUT2D eigenvalue weighted by atomic mass is 16.5. The van der Waals surface area contributed by atoms with Crippen molar-refractivity contribution >= 4 is 6.03 Å². The Hall–Kier alpha value is -1.52. The van der Waals surface area contributed by atoms with E-state index in [0.717, 1.165) is 36.2 Å². The second-order valence-electron chi connectivity index (χ2n) is 7.72. The van der Waals surface area contributed by atoms with Gasteiger partial charge in [0.15, 0.2) is 0 Å². The lowest BCUT2D eigenvalue weighted by Gasteiger charge is -2.56. The van der Waals surface area contributed by atoms with E-state index in [0.29, 0.717) is 6.54 Å². The van der Waals surface area contributed by atoms with Crippen LogP contribution in [0.1, 0.15) is 50.5 Å². The van der Waals surface area contributed by atoms with Gasteiger partial charge in [0.25, 0.3) is 0 Å². The third kappa shape index (κ3) is 2.85. The number of carbonyl (C=O) groups excluding carboxylic acids is 1. The summed E-state index contributed by atoms with van der Waals surface area (Å²) in [5.74, 6) is 2.58. The number of rotatable bonds is 5. The molecule has 0 aromatic carbocycles. The molecule has 4 bridgehead atoms. The first-order valence-electron chi connectivity index (χ1n) is 8.65. The molecule has 5 heteroatoms. The Morgan fingerprint density at radius 3 is 2.50 bits per heavy atom. The van der Waals surface area contributed by atoms with Gasteiger partial charge in [-0.05, 0) is 69.1 Å². The van der Waals surface area contributed by atoms with Crippen molar-refractivity contribution in [2.75, 3.05) is 6.54 Å². The number of amides is 2. The van der Waals surface area contributed by atoms with Gasteiger partial charge in [0.2, 0.25) is 0 Å². The fraction of sp³-hybridized carbons (Fsp3) is 0.765. The first-order valence-corrected chi connectivity index (χ1v) is 8.65. The van der Waals surface area contributed by atoms with Crippen LogP contribution in [0.3, 0.4) is 0 Å². The van der Waals surface area contributed by atoms with Gasteiger partial charge in [0.05, 0.1) is 6.20 Å². The molecule has 22 heavy (non-hydrogen) atoms. The maximum atomic E-state index is 12.2. The number of aromatic nitrogens is 1. The van der Waals surface area contributed by atoms with E-state index in [4.69, 9.17) is 4.52 Å². The third-order valence-electron chi connectivity index (χ3n) is 5.83. The smallest absolute Gasteiger partial charge is 0.315 e. The predicted octanol–water partition coefficient (Wildman–Crippen LogP) is 2.88. The van der Waals surface area contributed by atoms with Crippen LogP contribution in [0, 0.1) is 17.8 Å². The average Bonchev–Trinajstić information content (AvgIpc) is 2.94. The van der Waals surface area contributed by atoms with Crippen molar-refractivity contribution in [2.24, 2.45) is 17.8 Å². The number of aryl methyl sites for hydroxylation is 1. The van der Waals surface area contributed by atoms with E-state index in [2.05, 4.69) is 15.8 Å². The number of hydrogen-bond acceptors (Lipinski definition) is 3. The minimum atomic E-state index is 0.0206. The van der Waals surface area contributed by atoms with Crippen LogP contribution in [0.15, 0.2) is 17.0 Å². The number of carbonyl (C=O) groups is 1. The van der Waals surface area contributed by atoms with Crippen LogP contribution in [-0.4, -0.2) is 23.3 Å². The molecule has 4 aliphatic rings. The highest BCUT2D eigenvalue weighted by Gasteiger charge is 2.51. The molecule has 4 aliphatic carbocycles. The lowest BCUT2D eigenvalue weighted by molar-refractivity contribution is -0.0135. The van der Waals surface area contributed by atoms with Crippen molar-refractivity contribution in [1.82, 2.24) is 15.8 Å². The van der Waals surface area contributed by atoms with Gasteiger partial charge >= 0.3 is 6.03 Å². The summed E-state index contributed by atoms with van der Waals surface area (Å²) in [7, 11) is 0. The van der Waals surface area contributed by atoms with Gasteiger partial charge < -0.3 is 15.2 Å². The SMILES string of the molecule is O=C(NCCCc1cnoc1)NC12CC3CC(CC(C3)C1)C2. The number of nitrogens with one attached hydrogen (secondary N) is 2. The standard InChI is InChI=1S/C17H25N3O2/c21-16(18-3-1-2-12-10-19-22-11-12)20-17-7-13-4-14(8-17)6-15(5-13)9-17/h10-11,13-15H,1-9H2,(H2,18,20,21). The van der Waals surface area contributed by atoms with Gasteiger partial charge in [0, 0.05) is 17.6 Å². The molecule has 1 heterocycles. The molecule has 0 aliphatic heterocycles. The summed E-state index contributed by atoms with van der Waals surface area (Å²) < 4.78 is 4.80. The molecule has 2 N–H and O–H groups in total. The Morgan fingerprint density at radius 1 is 1.23 bits per heavy atom. The summed E-state index contributed by atoms with van der Waals surface area (Å²) in [4.78, 5) is 12.2. The highest BCUT2D eigenvalue weighted by Crippen LogP contribution is 2.55. The molecule has 0 spiro atoms. The molecule has 1 aromatic rings. The van der Waals surface area contributed by atoms with Crippen LogP contribution < -0.4 is 10.6 Å². The first kappa shape index (κ1) is 14.1. The summed E-state index contributed by atoms with van der Waals surface area (Å²) in [6.45, 7) is 0.698. The predicted molar refractivity (Wildman–Crippen MR) is 82.3 cm³/mol. The van der Waals surface area contributed by atoms with Gasteiger partial charge in [-0.2, -0.15) is 0 Å². The van der Waals surface area contributed by atoms with Gasteiger partial charge in [0.1, 0.15) is 6.26 Å². The first-order chi connectivity index (χ1) is 10.7. The summed E-state index contributed by atoms with van der Waals surface area (Å²) in [6, 6.07) is 0.0206. The number of nitrogens with zero attached hydrogens (tertiary/aromatic N) is 1. The minimum Gasteiger partial charge on any atom is -0.364 e. The Morgan fingerprint density at radius 2 is 1.91 bits per heavy atom. The van der Waals surface area contributed by atoms with Crippen molar-refractivity contribution in [3.63, 3.8) is 0 Å². The van der Waals surface area contributed by atoms with Gasteiger partial charge in [-0.3, -0.25) is 0 Å². The molecule has 0 unspecified atom stereocenters. The fourth-order valence-electron chi connectivity index (χ4n) is 5.39. The van der Waals surface area contributed by atoms with E-state index >= 15 is 0 Å². The quantitative estimate of drug-likeness (QED) is 0.822. The van der Waals surface area contributed by atoms with Crippen molar-refractivity contribution < 1.29 is 9.32 Å². The Bertz CT molecular complexity index is 491. The average molecular weight is 303 g/mol. The Balaban J connectivity index is 1.24. The van der Waals surface area contributed by atoms with E-state index in [-0.39, 0.29) is 11.6 Å². The van der Waals surface area contributed by atoms with E-state index in [1.165, 1.54) is 38.5 Å². The summed E-state index contributed by atoms with van der Waals surface area (Å²) in [5.41, 5.74) is 1.19. The fourth-order valence-corrected chi connectivity index (χ4v) is 5.39. The number of urea groups is 1. The van der Waals surface area contributed by atoms with E-state index in [1.54, 1.807) is 12.5 Å². The molecule has 2 amide bonds. The molecule has 0 atom stereocenters.